The second-order valence-electron chi connectivity index (χ2n) is 3.38. The predicted molar refractivity (Wildman–Crippen MR) is 60.7 cm³/mol. The van der Waals surface area contributed by atoms with Crippen LogP contribution in [0.5, 0.6) is 0 Å². The van der Waals surface area contributed by atoms with Crippen LogP contribution in [-0.2, 0) is 14.3 Å². The van der Waals surface area contributed by atoms with Crippen LogP contribution in [0.3, 0.4) is 0 Å². The van der Waals surface area contributed by atoms with Gasteiger partial charge in [0.05, 0.1) is 6.61 Å². The highest BCUT2D eigenvalue weighted by molar-refractivity contribution is 5.84. The molecule has 0 saturated heterocycles. The standard InChI is InChI=1S/C13H14O3/c1-3-16-13(15)12(10(2)9-14)11-7-5-4-6-8-11/h4-8,12H,3H2,1-2H3. The van der Waals surface area contributed by atoms with Gasteiger partial charge in [-0.15, -0.1) is 0 Å². The molecule has 1 aromatic carbocycles. The fourth-order valence-electron chi connectivity index (χ4n) is 1.49. The molecule has 0 aromatic heterocycles. The molecular formula is C13H14O3. The van der Waals surface area contributed by atoms with Gasteiger partial charge in [-0.05, 0) is 19.4 Å². The number of hydrogen-bond acceptors (Lipinski definition) is 3. The molecular weight excluding hydrogens is 204 g/mol. The van der Waals surface area contributed by atoms with Crippen LogP contribution >= 0.6 is 0 Å². The minimum Gasteiger partial charge on any atom is -0.465 e. The van der Waals surface area contributed by atoms with Gasteiger partial charge in [0, 0.05) is 5.57 Å². The van der Waals surface area contributed by atoms with Crippen LogP contribution in [0.2, 0.25) is 0 Å². The molecule has 16 heavy (non-hydrogen) atoms. The SMILES string of the molecule is CCOC(=O)C(C(C)=C=O)c1ccccc1. The van der Waals surface area contributed by atoms with E-state index >= 15 is 0 Å². The zero-order valence-corrected chi connectivity index (χ0v) is 9.40. The summed E-state index contributed by atoms with van der Waals surface area (Å²) in [5.41, 5.74) is 1.09. The lowest BCUT2D eigenvalue weighted by Gasteiger charge is -2.14. The number of carbonyl (C=O) groups excluding carboxylic acids is 2. The number of esters is 1. The van der Waals surface area contributed by atoms with Crippen LogP contribution in [0.4, 0.5) is 0 Å². The van der Waals surface area contributed by atoms with Gasteiger partial charge in [-0.3, -0.25) is 4.79 Å². The molecule has 0 saturated carbocycles. The molecule has 1 atom stereocenters. The van der Waals surface area contributed by atoms with Crippen molar-refractivity contribution in [1.29, 1.82) is 0 Å². The Balaban J connectivity index is 3.07. The second kappa shape index (κ2) is 5.89. The first-order chi connectivity index (χ1) is 7.70. The van der Waals surface area contributed by atoms with Crippen LogP contribution in [0.15, 0.2) is 35.9 Å². The smallest absolute Gasteiger partial charge is 0.318 e. The third-order valence-corrected chi connectivity index (χ3v) is 2.25. The fourth-order valence-corrected chi connectivity index (χ4v) is 1.49. The first-order valence-corrected chi connectivity index (χ1v) is 5.13. The van der Waals surface area contributed by atoms with Gasteiger partial charge in [-0.25, -0.2) is 4.79 Å². The normalized spacial score (nSPS) is 11.4. The van der Waals surface area contributed by atoms with Gasteiger partial charge in [0.2, 0.25) is 0 Å². The molecule has 84 valence electrons. The Morgan fingerprint density at radius 3 is 2.50 bits per heavy atom. The molecule has 0 bridgehead atoms. The molecule has 0 heterocycles. The minimum atomic E-state index is -0.640. The van der Waals surface area contributed by atoms with E-state index in [2.05, 4.69) is 0 Å². The monoisotopic (exact) mass is 218 g/mol. The van der Waals surface area contributed by atoms with Crippen molar-refractivity contribution in [3.05, 3.63) is 41.5 Å². The van der Waals surface area contributed by atoms with Crippen molar-refractivity contribution in [1.82, 2.24) is 0 Å². The van der Waals surface area contributed by atoms with Crippen LogP contribution in [0, 0.1) is 0 Å². The molecule has 0 aliphatic heterocycles. The van der Waals surface area contributed by atoms with E-state index < -0.39 is 11.9 Å². The van der Waals surface area contributed by atoms with E-state index in [1.165, 1.54) is 0 Å². The van der Waals surface area contributed by atoms with Gasteiger partial charge in [-0.1, -0.05) is 30.3 Å². The molecule has 1 aromatic rings. The summed E-state index contributed by atoms with van der Waals surface area (Å²) >= 11 is 0. The number of benzene rings is 1. The molecule has 3 heteroatoms. The molecule has 0 aliphatic rings. The maximum Gasteiger partial charge on any atom is 0.318 e. The summed E-state index contributed by atoms with van der Waals surface area (Å²) in [6.07, 6.45) is 0. The average Bonchev–Trinajstić information content (AvgIpc) is 2.31. The summed E-state index contributed by atoms with van der Waals surface area (Å²) in [7, 11) is 0. The zero-order chi connectivity index (χ0) is 12.0. The Hall–Kier alpha value is -1.86. The minimum absolute atomic E-state index is 0.300. The molecule has 0 amide bonds. The van der Waals surface area contributed by atoms with E-state index in [0.717, 1.165) is 5.56 Å². The van der Waals surface area contributed by atoms with Gasteiger partial charge < -0.3 is 4.74 Å². The van der Waals surface area contributed by atoms with E-state index in [0.29, 0.717) is 12.2 Å². The van der Waals surface area contributed by atoms with Crippen molar-refractivity contribution >= 4 is 11.9 Å². The zero-order valence-electron chi connectivity index (χ0n) is 9.40. The predicted octanol–water partition coefficient (Wildman–Crippen LogP) is 2.11. The Kier molecular flexibility index (Phi) is 4.49. The summed E-state index contributed by atoms with van der Waals surface area (Å²) in [4.78, 5) is 22.4. The number of rotatable bonds is 4. The molecule has 0 spiro atoms. The third-order valence-electron chi connectivity index (χ3n) is 2.25. The molecule has 3 nitrogen and oxygen atoms in total. The summed E-state index contributed by atoms with van der Waals surface area (Å²) in [5, 5.41) is 0. The van der Waals surface area contributed by atoms with Crippen molar-refractivity contribution in [3.63, 3.8) is 0 Å². The Morgan fingerprint density at radius 2 is 2.00 bits per heavy atom. The lowest BCUT2D eigenvalue weighted by Crippen LogP contribution is -2.17. The summed E-state index contributed by atoms with van der Waals surface area (Å²) in [6, 6.07) is 9.08. The summed E-state index contributed by atoms with van der Waals surface area (Å²) in [5.74, 6) is 0.721. The quantitative estimate of drug-likeness (QED) is 0.574. The van der Waals surface area contributed by atoms with E-state index in [1.54, 1.807) is 31.9 Å². The van der Waals surface area contributed by atoms with Crippen LogP contribution in [0.25, 0.3) is 0 Å². The summed E-state index contributed by atoms with van der Waals surface area (Å²) < 4.78 is 4.94. The van der Waals surface area contributed by atoms with Crippen molar-refractivity contribution in [3.8, 4) is 0 Å². The average molecular weight is 218 g/mol. The van der Waals surface area contributed by atoms with Crippen molar-refractivity contribution in [2.45, 2.75) is 19.8 Å². The Labute approximate surface area is 94.7 Å². The second-order valence-corrected chi connectivity index (χ2v) is 3.38. The molecule has 0 aliphatic carbocycles. The Bertz CT molecular complexity index is 402. The van der Waals surface area contributed by atoms with Gasteiger partial charge in [0.1, 0.15) is 11.9 Å². The number of carbonyl (C=O) groups is 1. The largest absolute Gasteiger partial charge is 0.465 e. The summed E-state index contributed by atoms with van der Waals surface area (Å²) in [6.45, 7) is 3.62. The maximum atomic E-state index is 11.7. The van der Waals surface area contributed by atoms with Crippen LogP contribution in [0.1, 0.15) is 25.3 Å². The van der Waals surface area contributed by atoms with E-state index in [9.17, 15) is 9.59 Å². The maximum absolute atomic E-state index is 11.7. The lowest BCUT2D eigenvalue weighted by atomic mass is 9.93. The molecule has 0 fully saturated rings. The van der Waals surface area contributed by atoms with E-state index in [4.69, 9.17) is 4.74 Å². The van der Waals surface area contributed by atoms with E-state index in [-0.39, 0.29) is 0 Å². The van der Waals surface area contributed by atoms with E-state index in [1.807, 2.05) is 18.2 Å². The van der Waals surface area contributed by atoms with Crippen molar-refractivity contribution in [2.24, 2.45) is 0 Å². The van der Waals surface area contributed by atoms with Gasteiger partial charge >= 0.3 is 5.97 Å². The Morgan fingerprint density at radius 1 is 1.38 bits per heavy atom. The highest BCUT2D eigenvalue weighted by atomic mass is 16.5. The van der Waals surface area contributed by atoms with Gasteiger partial charge in [0.25, 0.3) is 0 Å². The van der Waals surface area contributed by atoms with Crippen LogP contribution in [-0.4, -0.2) is 18.5 Å². The molecule has 1 rings (SSSR count). The van der Waals surface area contributed by atoms with Crippen molar-refractivity contribution < 1.29 is 14.3 Å². The van der Waals surface area contributed by atoms with Gasteiger partial charge in [0.15, 0.2) is 0 Å². The van der Waals surface area contributed by atoms with Gasteiger partial charge in [-0.2, -0.15) is 0 Å². The topological polar surface area (TPSA) is 43.4 Å². The van der Waals surface area contributed by atoms with Crippen molar-refractivity contribution in [2.75, 3.05) is 6.61 Å². The molecule has 1 unspecified atom stereocenters. The number of ether oxygens (including phenoxy) is 1. The lowest BCUT2D eigenvalue weighted by molar-refractivity contribution is -0.143. The number of hydrogen-bond donors (Lipinski definition) is 0. The highest BCUT2D eigenvalue weighted by Gasteiger charge is 2.24. The third kappa shape index (κ3) is 2.81. The highest BCUT2D eigenvalue weighted by Crippen LogP contribution is 2.23. The first-order valence-electron chi connectivity index (χ1n) is 5.13. The first kappa shape index (κ1) is 12.2. The fraction of sp³-hybridized carbons (Fsp3) is 0.308. The molecule has 0 radical (unpaired) electrons. The van der Waals surface area contributed by atoms with Crippen LogP contribution < -0.4 is 0 Å². The molecule has 0 N–H and O–H groups in total.